The Bertz CT molecular complexity index is 1100. The highest BCUT2D eigenvalue weighted by molar-refractivity contribution is 5.94. The smallest absolute Gasteiger partial charge is 0.251 e. The third kappa shape index (κ3) is 4.06. The molecule has 0 aliphatic carbocycles. The van der Waals surface area contributed by atoms with Gasteiger partial charge in [0.1, 0.15) is 5.82 Å². The van der Waals surface area contributed by atoms with E-state index in [0.717, 1.165) is 23.4 Å². The lowest BCUT2D eigenvalue weighted by atomic mass is 10.1. The molecule has 0 saturated carbocycles. The summed E-state index contributed by atoms with van der Waals surface area (Å²) in [6.45, 7) is 1.23. The SMILES string of the molecule is Cn1cc(-c2ccnc(N3CCC(NC(=O)c4cc(F)cc(C#N)c4)C3)n2)cn1. The van der Waals surface area contributed by atoms with E-state index in [1.807, 2.05) is 30.3 Å². The molecule has 1 N–H and O–H groups in total. The molecule has 3 aromatic rings. The second-order valence-electron chi connectivity index (χ2n) is 6.89. The van der Waals surface area contributed by atoms with Gasteiger partial charge in [0.2, 0.25) is 5.95 Å². The number of nitrogens with zero attached hydrogens (tertiary/aromatic N) is 6. The van der Waals surface area contributed by atoms with Crippen molar-refractivity contribution in [1.29, 1.82) is 5.26 Å². The number of amides is 1. The first-order chi connectivity index (χ1) is 14.0. The predicted octanol–water partition coefficient (Wildman–Crippen LogP) is 1.90. The first kappa shape index (κ1) is 18.6. The monoisotopic (exact) mass is 391 g/mol. The number of halogens is 1. The number of aryl methyl sites for hydroxylation is 1. The van der Waals surface area contributed by atoms with E-state index in [1.165, 1.54) is 6.07 Å². The van der Waals surface area contributed by atoms with Gasteiger partial charge in [-0.1, -0.05) is 0 Å². The summed E-state index contributed by atoms with van der Waals surface area (Å²) in [4.78, 5) is 23.4. The summed E-state index contributed by atoms with van der Waals surface area (Å²) in [5, 5.41) is 16.0. The largest absolute Gasteiger partial charge is 0.347 e. The molecule has 4 rings (SSSR count). The molecule has 1 atom stereocenters. The Kier molecular flexibility index (Phi) is 4.91. The molecule has 1 fully saturated rings. The molecular formula is C20H18FN7O. The zero-order chi connectivity index (χ0) is 20.4. The first-order valence-electron chi connectivity index (χ1n) is 9.10. The van der Waals surface area contributed by atoms with Crippen molar-refractivity contribution < 1.29 is 9.18 Å². The maximum Gasteiger partial charge on any atom is 0.251 e. The lowest BCUT2D eigenvalue weighted by Crippen LogP contribution is -2.37. The molecule has 8 nitrogen and oxygen atoms in total. The van der Waals surface area contributed by atoms with Crippen LogP contribution in [-0.4, -0.2) is 44.8 Å². The minimum atomic E-state index is -0.608. The Morgan fingerprint density at radius 2 is 2.24 bits per heavy atom. The van der Waals surface area contributed by atoms with Gasteiger partial charge in [-0.25, -0.2) is 14.4 Å². The van der Waals surface area contributed by atoms with Gasteiger partial charge < -0.3 is 10.2 Å². The Hall–Kier alpha value is -3.80. The molecule has 1 aliphatic rings. The number of carbonyl (C=O) groups is 1. The molecule has 2 aromatic heterocycles. The summed E-state index contributed by atoms with van der Waals surface area (Å²) in [6, 6.07) is 7.16. The van der Waals surface area contributed by atoms with Crippen molar-refractivity contribution in [2.75, 3.05) is 18.0 Å². The van der Waals surface area contributed by atoms with Gasteiger partial charge in [-0.05, 0) is 30.7 Å². The number of carbonyl (C=O) groups excluding carboxylic acids is 1. The normalized spacial score (nSPS) is 15.9. The standard InChI is InChI=1S/C20H18FN7O/c1-27-11-15(10-24-27)18-2-4-23-20(26-18)28-5-3-17(12-28)25-19(29)14-6-13(9-22)7-16(21)8-14/h2,4,6-8,10-11,17H,3,5,12H2,1H3,(H,25,29). The first-order valence-corrected chi connectivity index (χ1v) is 9.10. The van der Waals surface area contributed by atoms with Gasteiger partial charge >= 0.3 is 0 Å². The molecule has 29 heavy (non-hydrogen) atoms. The van der Waals surface area contributed by atoms with Crippen molar-refractivity contribution in [1.82, 2.24) is 25.1 Å². The molecule has 3 heterocycles. The van der Waals surface area contributed by atoms with Crippen molar-refractivity contribution in [3.63, 3.8) is 0 Å². The van der Waals surface area contributed by atoms with Gasteiger partial charge in [-0.2, -0.15) is 10.4 Å². The predicted molar refractivity (Wildman–Crippen MR) is 103 cm³/mol. The lowest BCUT2D eigenvalue weighted by Gasteiger charge is -2.17. The summed E-state index contributed by atoms with van der Waals surface area (Å²) in [6.07, 6.45) is 6.04. The van der Waals surface area contributed by atoms with E-state index in [-0.39, 0.29) is 17.2 Å². The van der Waals surface area contributed by atoms with Crippen LogP contribution in [0.3, 0.4) is 0 Å². The van der Waals surface area contributed by atoms with Gasteiger partial charge in [0.15, 0.2) is 0 Å². The molecule has 0 bridgehead atoms. The second kappa shape index (κ2) is 7.67. The number of rotatable bonds is 4. The summed E-state index contributed by atoms with van der Waals surface area (Å²) in [5.74, 6) is -0.429. The molecule has 1 amide bonds. The van der Waals surface area contributed by atoms with Gasteiger partial charge in [0, 0.05) is 49.7 Å². The zero-order valence-corrected chi connectivity index (χ0v) is 15.7. The van der Waals surface area contributed by atoms with Gasteiger partial charge in [0.05, 0.1) is 23.5 Å². The topological polar surface area (TPSA) is 99.7 Å². The molecular weight excluding hydrogens is 373 g/mol. The van der Waals surface area contributed by atoms with Crippen LogP contribution in [0.1, 0.15) is 22.3 Å². The Labute approximate surface area is 166 Å². The average molecular weight is 391 g/mol. The fourth-order valence-electron chi connectivity index (χ4n) is 3.33. The highest BCUT2D eigenvalue weighted by atomic mass is 19.1. The van der Waals surface area contributed by atoms with Gasteiger partial charge in [0.25, 0.3) is 5.91 Å². The van der Waals surface area contributed by atoms with Crippen LogP contribution in [0.5, 0.6) is 0 Å². The highest BCUT2D eigenvalue weighted by Crippen LogP contribution is 2.21. The molecule has 146 valence electrons. The van der Waals surface area contributed by atoms with Gasteiger partial charge in [-0.15, -0.1) is 0 Å². The maximum absolute atomic E-state index is 13.6. The third-order valence-corrected chi connectivity index (χ3v) is 4.74. The molecule has 1 saturated heterocycles. The fraction of sp³-hybridized carbons (Fsp3) is 0.250. The maximum atomic E-state index is 13.6. The second-order valence-corrected chi connectivity index (χ2v) is 6.89. The van der Waals surface area contributed by atoms with Crippen LogP contribution >= 0.6 is 0 Å². The van der Waals surface area contributed by atoms with Crippen LogP contribution in [0.15, 0.2) is 42.9 Å². The number of hydrogen-bond donors (Lipinski definition) is 1. The molecule has 9 heteroatoms. The van der Waals surface area contributed by atoms with Crippen LogP contribution in [0.2, 0.25) is 0 Å². The number of nitrogens with one attached hydrogen (secondary N) is 1. The van der Waals surface area contributed by atoms with Crippen LogP contribution in [0.25, 0.3) is 11.3 Å². The van der Waals surface area contributed by atoms with Crippen molar-refractivity contribution in [2.24, 2.45) is 7.05 Å². The molecule has 1 aromatic carbocycles. The number of aromatic nitrogens is 4. The average Bonchev–Trinajstić information content (AvgIpc) is 3.36. The van der Waals surface area contributed by atoms with Crippen molar-refractivity contribution >= 4 is 11.9 Å². The quantitative estimate of drug-likeness (QED) is 0.729. The number of benzene rings is 1. The Morgan fingerprint density at radius 3 is 3.00 bits per heavy atom. The number of anilines is 1. The lowest BCUT2D eigenvalue weighted by molar-refractivity contribution is 0.0940. The van der Waals surface area contributed by atoms with E-state index in [4.69, 9.17) is 5.26 Å². The van der Waals surface area contributed by atoms with E-state index >= 15 is 0 Å². The number of hydrogen-bond acceptors (Lipinski definition) is 6. The third-order valence-electron chi connectivity index (χ3n) is 4.74. The zero-order valence-electron chi connectivity index (χ0n) is 15.7. The fourth-order valence-corrected chi connectivity index (χ4v) is 3.33. The van der Waals surface area contributed by atoms with Crippen LogP contribution < -0.4 is 10.2 Å². The minimum Gasteiger partial charge on any atom is -0.347 e. The summed E-state index contributed by atoms with van der Waals surface area (Å²) in [7, 11) is 1.84. The summed E-state index contributed by atoms with van der Waals surface area (Å²) in [5.41, 5.74) is 1.93. The molecule has 1 aliphatic heterocycles. The molecule has 0 radical (unpaired) electrons. The van der Waals surface area contributed by atoms with E-state index in [0.29, 0.717) is 25.5 Å². The van der Waals surface area contributed by atoms with Crippen molar-refractivity contribution in [2.45, 2.75) is 12.5 Å². The number of nitriles is 1. The molecule has 1 unspecified atom stereocenters. The van der Waals surface area contributed by atoms with Crippen LogP contribution in [0, 0.1) is 17.1 Å². The van der Waals surface area contributed by atoms with Crippen molar-refractivity contribution in [3.05, 3.63) is 59.8 Å². The highest BCUT2D eigenvalue weighted by Gasteiger charge is 2.26. The summed E-state index contributed by atoms with van der Waals surface area (Å²) < 4.78 is 15.3. The van der Waals surface area contributed by atoms with Crippen molar-refractivity contribution in [3.8, 4) is 17.3 Å². The van der Waals surface area contributed by atoms with Crippen LogP contribution in [0.4, 0.5) is 10.3 Å². The Balaban J connectivity index is 1.44. The van der Waals surface area contributed by atoms with E-state index < -0.39 is 11.7 Å². The minimum absolute atomic E-state index is 0.115. The van der Waals surface area contributed by atoms with Crippen LogP contribution in [-0.2, 0) is 7.05 Å². The van der Waals surface area contributed by atoms with E-state index in [2.05, 4.69) is 20.4 Å². The van der Waals surface area contributed by atoms with E-state index in [9.17, 15) is 9.18 Å². The van der Waals surface area contributed by atoms with E-state index in [1.54, 1.807) is 17.1 Å². The van der Waals surface area contributed by atoms with Gasteiger partial charge in [-0.3, -0.25) is 9.48 Å². The Morgan fingerprint density at radius 1 is 1.38 bits per heavy atom. The molecule has 0 spiro atoms. The summed E-state index contributed by atoms with van der Waals surface area (Å²) >= 11 is 0.